The van der Waals surface area contributed by atoms with Crippen LogP contribution in [0.3, 0.4) is 0 Å². The Morgan fingerprint density at radius 2 is 0.935 bits per heavy atom. The lowest BCUT2D eigenvalue weighted by molar-refractivity contribution is -0.136. The molecule has 2 N–H and O–H groups in total. The Bertz CT molecular complexity index is 2350. The number of carbonyl (C=O) groups excluding carboxylic acids is 4. The van der Waals surface area contributed by atoms with Crippen LogP contribution >= 0.6 is 0 Å². The van der Waals surface area contributed by atoms with Crippen LogP contribution in [0.15, 0.2) is 107 Å². The van der Waals surface area contributed by atoms with E-state index in [9.17, 15) is 39.0 Å². The molecule has 0 radical (unpaired) electrons. The minimum Gasteiger partial charge on any atom is -0.396 e. The molecule has 0 aliphatic carbocycles. The van der Waals surface area contributed by atoms with Crippen LogP contribution in [-0.2, 0) is 22.7 Å². The van der Waals surface area contributed by atoms with Crippen LogP contribution < -0.4 is 11.1 Å². The molecule has 324 valence electrons. The average molecular weight is 843 g/mol. The van der Waals surface area contributed by atoms with Crippen LogP contribution in [0, 0.1) is 23.7 Å². The normalized spacial score (nSPS) is 24.3. The van der Waals surface area contributed by atoms with Crippen molar-refractivity contribution in [3.63, 3.8) is 0 Å². The predicted molar refractivity (Wildman–Crippen MR) is 235 cm³/mol. The fourth-order valence-corrected chi connectivity index (χ4v) is 10.0. The van der Waals surface area contributed by atoms with Crippen LogP contribution in [-0.4, -0.2) is 116 Å². The van der Waals surface area contributed by atoms with Crippen LogP contribution in [0.25, 0.3) is 12.2 Å². The molecule has 8 atom stereocenters. The number of fused-ring (bicyclic) bond motifs is 8. The molecular formula is C48H54N6O8. The van der Waals surface area contributed by atoms with Crippen molar-refractivity contribution in [3.05, 3.63) is 151 Å². The molecule has 14 nitrogen and oxygen atoms in total. The summed E-state index contributed by atoms with van der Waals surface area (Å²) in [7, 11) is 6.69. The fraction of sp³-hybridized carbons (Fsp3) is 0.375. The van der Waals surface area contributed by atoms with Crippen molar-refractivity contribution < 1.29 is 29.4 Å². The van der Waals surface area contributed by atoms with E-state index in [4.69, 9.17) is 0 Å². The second-order valence-electron chi connectivity index (χ2n) is 16.6. The summed E-state index contributed by atoms with van der Waals surface area (Å²) in [5.74, 6) is -2.88. The first-order valence-electron chi connectivity index (χ1n) is 20.9. The molecule has 2 saturated heterocycles. The van der Waals surface area contributed by atoms with Gasteiger partial charge in [-0.05, 0) is 62.4 Å². The average Bonchev–Trinajstić information content (AvgIpc) is 3.66. The van der Waals surface area contributed by atoms with Gasteiger partial charge in [0.25, 0.3) is 22.9 Å². The molecule has 4 bridgehead atoms. The molecule has 4 aromatic rings. The molecule has 2 aromatic carbocycles. The summed E-state index contributed by atoms with van der Waals surface area (Å²) in [5, 5.41) is 20.5. The molecule has 2 aromatic heterocycles. The number of carbonyl (C=O) groups is 4. The maximum atomic E-state index is 13.5. The van der Waals surface area contributed by atoms with E-state index in [1.165, 1.54) is 9.80 Å². The molecule has 4 aliphatic rings. The maximum absolute atomic E-state index is 13.5. The van der Waals surface area contributed by atoms with Gasteiger partial charge in [-0.2, -0.15) is 0 Å². The molecule has 6 heterocycles. The Kier molecular flexibility index (Phi) is 12.6. The van der Waals surface area contributed by atoms with Crippen LogP contribution in [0.1, 0.15) is 69.2 Å². The highest BCUT2D eigenvalue weighted by Gasteiger charge is 2.59. The van der Waals surface area contributed by atoms with Gasteiger partial charge >= 0.3 is 0 Å². The Labute approximate surface area is 360 Å². The molecule has 2 fully saturated rings. The molecule has 62 heavy (non-hydrogen) atoms. The molecular weight excluding hydrogens is 789 g/mol. The summed E-state index contributed by atoms with van der Waals surface area (Å²) < 4.78 is 3.34. The third-order valence-electron chi connectivity index (χ3n) is 12.8. The van der Waals surface area contributed by atoms with Gasteiger partial charge in [0, 0.05) is 100.0 Å². The third-order valence-corrected chi connectivity index (χ3v) is 12.8. The summed E-state index contributed by atoms with van der Waals surface area (Å²) in [6.45, 7) is 3.71. The topological polar surface area (TPSA) is 166 Å². The van der Waals surface area contributed by atoms with Gasteiger partial charge in [-0.15, -0.1) is 0 Å². The lowest BCUT2D eigenvalue weighted by atomic mass is 9.86. The summed E-state index contributed by atoms with van der Waals surface area (Å²) in [6.07, 6.45) is 7.12. The number of allylic oxidation sites excluding steroid dienone is 2. The zero-order valence-electron chi connectivity index (χ0n) is 35.9. The van der Waals surface area contributed by atoms with Crippen molar-refractivity contribution >= 4 is 35.8 Å². The van der Waals surface area contributed by atoms with Crippen molar-refractivity contribution in [1.82, 2.24) is 28.7 Å². The molecule has 14 heteroatoms. The first-order chi connectivity index (χ1) is 29.8. The summed E-state index contributed by atoms with van der Waals surface area (Å²) >= 11 is 0. The number of benzene rings is 2. The third kappa shape index (κ3) is 7.40. The SMILES string of the molecule is C/C=C/c1ccc2n(c1=O)C[C@@H]1[C@@H](CO)[C@H](C(=O)N(C)C)[C@H]2N1C(=O)c1ccccc1.C/C=C\c1ccc2n(c1=O)C[C@@H]1[C@@H](CO)[C@H](C(=O)N(C)C)[C@H]2N1C(=O)c1ccccc1. The fourth-order valence-electron chi connectivity index (χ4n) is 10.0. The summed E-state index contributed by atoms with van der Waals surface area (Å²) in [4.78, 5) is 86.2. The second kappa shape index (κ2) is 17.9. The lowest BCUT2D eigenvalue weighted by Crippen LogP contribution is -2.49. The van der Waals surface area contributed by atoms with Gasteiger partial charge in [0.1, 0.15) is 0 Å². The highest BCUT2D eigenvalue weighted by molar-refractivity contribution is 5.97. The highest BCUT2D eigenvalue weighted by atomic mass is 16.3. The summed E-state index contributed by atoms with van der Waals surface area (Å²) in [5.41, 5.74) is 3.14. The number of rotatable bonds is 8. The number of aliphatic hydroxyl groups excluding tert-OH is 2. The van der Waals surface area contributed by atoms with Gasteiger partial charge < -0.3 is 38.9 Å². The largest absolute Gasteiger partial charge is 0.396 e. The molecule has 4 aliphatic heterocycles. The number of hydrogen-bond acceptors (Lipinski definition) is 8. The molecule has 4 amide bonds. The van der Waals surface area contributed by atoms with E-state index < -0.39 is 47.8 Å². The van der Waals surface area contributed by atoms with Crippen molar-refractivity contribution in [1.29, 1.82) is 0 Å². The lowest BCUT2D eigenvalue weighted by Gasteiger charge is -2.38. The van der Waals surface area contributed by atoms with Crippen molar-refractivity contribution in [2.75, 3.05) is 41.4 Å². The van der Waals surface area contributed by atoms with Crippen LogP contribution in [0.5, 0.6) is 0 Å². The Balaban J connectivity index is 0.000000186. The van der Waals surface area contributed by atoms with Crippen LogP contribution in [0.4, 0.5) is 0 Å². The Hall–Kier alpha value is -6.38. The van der Waals surface area contributed by atoms with Gasteiger partial charge in [-0.3, -0.25) is 28.8 Å². The molecule has 0 spiro atoms. The quantitative estimate of drug-likeness (QED) is 0.272. The van der Waals surface area contributed by atoms with E-state index in [0.717, 1.165) is 0 Å². The standard InChI is InChI=1S/2C24H27N3O4/c2*1-4-8-15-11-12-18-21-20(24(31)25(2)3)17(14-28)19(13-26(18)22(15)29)27(21)23(30)16-9-6-5-7-10-16/h2*4-12,17,19-21,28H,13-14H2,1-3H3/b8-4+;8-4-/t2*17-,19-,20+,21+/m11/s1. The van der Waals surface area contributed by atoms with Crippen LogP contribution in [0.2, 0.25) is 0 Å². The first-order valence-corrected chi connectivity index (χ1v) is 20.9. The van der Waals surface area contributed by atoms with Crippen molar-refractivity contribution in [2.24, 2.45) is 23.7 Å². The van der Waals surface area contributed by atoms with Gasteiger partial charge in [-0.1, -0.05) is 60.7 Å². The van der Waals surface area contributed by atoms with E-state index in [1.54, 1.807) is 132 Å². The maximum Gasteiger partial charge on any atom is 0.258 e. The summed E-state index contributed by atoms with van der Waals surface area (Å²) in [6, 6.07) is 22.8. The highest BCUT2D eigenvalue weighted by Crippen LogP contribution is 2.51. The van der Waals surface area contributed by atoms with E-state index in [0.29, 0.717) is 33.6 Å². The number of amides is 4. The number of hydrogen-bond donors (Lipinski definition) is 2. The van der Waals surface area contributed by atoms with Crippen molar-refractivity contribution in [2.45, 2.75) is 51.1 Å². The van der Waals surface area contributed by atoms with E-state index in [1.807, 2.05) is 38.1 Å². The Morgan fingerprint density at radius 3 is 1.24 bits per heavy atom. The van der Waals surface area contributed by atoms with Gasteiger partial charge in [-0.25, -0.2) is 0 Å². The number of pyridine rings is 2. The zero-order chi connectivity index (χ0) is 44.6. The first kappa shape index (κ1) is 43.7. The number of nitrogens with zero attached hydrogens (tertiary/aromatic N) is 6. The smallest absolute Gasteiger partial charge is 0.258 e. The number of aliphatic hydroxyl groups is 2. The predicted octanol–water partition coefficient (Wildman–Crippen LogP) is 3.55. The van der Waals surface area contributed by atoms with Gasteiger partial charge in [0.05, 0.1) is 36.0 Å². The van der Waals surface area contributed by atoms with Gasteiger partial charge in [0.2, 0.25) is 11.8 Å². The molecule has 0 saturated carbocycles. The van der Waals surface area contributed by atoms with E-state index in [-0.39, 0.29) is 61.1 Å². The van der Waals surface area contributed by atoms with Gasteiger partial charge in [0.15, 0.2) is 0 Å². The van der Waals surface area contributed by atoms with E-state index in [2.05, 4.69) is 0 Å². The molecule has 0 unspecified atom stereocenters. The second-order valence-corrected chi connectivity index (χ2v) is 16.6. The van der Waals surface area contributed by atoms with Crippen molar-refractivity contribution in [3.8, 4) is 0 Å². The number of aromatic nitrogens is 2. The Morgan fingerprint density at radius 1 is 0.581 bits per heavy atom. The minimum absolute atomic E-state index is 0.146. The zero-order valence-corrected chi connectivity index (χ0v) is 35.9. The minimum atomic E-state index is -0.627. The monoisotopic (exact) mass is 842 g/mol. The molecule has 8 rings (SSSR count). The van der Waals surface area contributed by atoms with E-state index >= 15 is 0 Å².